The zero-order valence-corrected chi connectivity index (χ0v) is 35.6. The molecule has 0 aliphatic heterocycles. The second-order valence-corrected chi connectivity index (χ2v) is 15.8. The van der Waals surface area contributed by atoms with Gasteiger partial charge < -0.3 is 65.7 Å². The predicted octanol–water partition coefficient (Wildman–Crippen LogP) is -0.955. The van der Waals surface area contributed by atoms with Crippen LogP contribution in [0.2, 0.25) is 0 Å². The zero-order valence-electron chi connectivity index (χ0n) is 35.6. The Kier molecular flexibility index (Phi) is 21.0. The number of hydrogen-bond donors (Lipinski definition) is 12. The summed E-state index contributed by atoms with van der Waals surface area (Å²) in [6.07, 6.45) is 4.81. The van der Waals surface area contributed by atoms with E-state index >= 15 is 0 Å². The van der Waals surface area contributed by atoms with Crippen LogP contribution >= 0.6 is 0 Å². The monoisotopic (exact) mass is 882 g/mol. The number of benzene rings is 2. The third-order valence-corrected chi connectivity index (χ3v) is 10.5. The van der Waals surface area contributed by atoms with Crippen molar-refractivity contribution in [1.82, 2.24) is 31.9 Å². The van der Waals surface area contributed by atoms with Crippen LogP contribution in [0.5, 0.6) is 5.75 Å². The van der Waals surface area contributed by atoms with E-state index < -0.39 is 83.5 Å². The molecule has 17 N–H and O–H groups in total. The number of urea groups is 1. The number of halogens is 1. The number of carbonyl (C=O) groups excluding carboxylic acids is 7. The summed E-state index contributed by atoms with van der Waals surface area (Å²) in [5.41, 5.74) is 28.7. The second kappa shape index (κ2) is 26.1. The van der Waals surface area contributed by atoms with Crippen LogP contribution in [0.15, 0.2) is 53.5 Å². The van der Waals surface area contributed by atoms with Crippen LogP contribution in [0.4, 0.5) is 9.18 Å². The van der Waals surface area contributed by atoms with Crippen molar-refractivity contribution in [2.45, 2.75) is 120 Å². The number of amides is 8. The van der Waals surface area contributed by atoms with Gasteiger partial charge in [-0.1, -0.05) is 56.4 Å². The van der Waals surface area contributed by atoms with Gasteiger partial charge in [0.2, 0.25) is 35.4 Å². The van der Waals surface area contributed by atoms with Crippen LogP contribution in [0.3, 0.4) is 0 Å². The molecule has 0 saturated heterocycles. The van der Waals surface area contributed by atoms with E-state index in [1.54, 1.807) is 12.1 Å². The Bertz CT molecular complexity index is 1870. The summed E-state index contributed by atoms with van der Waals surface area (Å²) in [5, 5.41) is 25.5. The standard InChI is InChI=1S/C42H63FN12O8/c1-24(44)36(58)54-33(23-26-11-15-28(43)16-12-26)39(61)52-31(9-5-19-49-41(46)47)38(60)55-34(22-25-7-3-2-4-8-25)40(62)51-30(10-6-20-50-42(48)63)37(59)53-32(35(45)57)21-27-13-17-29(56)18-14-27/h11-18,24-25,30-34,56H,2-10,19-23,44H2,1H3,(H2,45,57)(H,51,62)(H,52,61)(H,53,59)(H,54,58)(H,55,60)(H4,46,47,49)(H3,48,50,63)/t24-,30-,31-,32-,33-,34-/m0/s1. The number of hydrogen-bond acceptors (Lipinski definition) is 10. The molecule has 1 saturated carbocycles. The molecular weight excluding hydrogens is 820 g/mol. The zero-order chi connectivity index (χ0) is 46.5. The molecule has 63 heavy (non-hydrogen) atoms. The van der Waals surface area contributed by atoms with Gasteiger partial charge in [0.05, 0.1) is 6.04 Å². The Labute approximate surface area is 365 Å². The molecule has 1 aliphatic rings. The fraction of sp³-hybridized carbons (Fsp3) is 0.524. The molecule has 1 aliphatic carbocycles. The van der Waals surface area contributed by atoms with Gasteiger partial charge in [0.15, 0.2) is 5.96 Å². The quantitative estimate of drug-likeness (QED) is 0.0328. The minimum atomic E-state index is -1.29. The Morgan fingerprint density at radius 1 is 0.667 bits per heavy atom. The smallest absolute Gasteiger partial charge is 0.312 e. The lowest BCUT2D eigenvalue weighted by Gasteiger charge is -2.30. The minimum Gasteiger partial charge on any atom is -0.508 e. The number of guanidine groups is 1. The van der Waals surface area contributed by atoms with E-state index in [1.165, 1.54) is 43.3 Å². The first kappa shape index (κ1) is 50.8. The number of nitrogens with one attached hydrogen (secondary N) is 6. The Balaban J connectivity index is 1.92. The maximum Gasteiger partial charge on any atom is 0.312 e. The van der Waals surface area contributed by atoms with Crippen LogP contribution in [0, 0.1) is 11.7 Å². The van der Waals surface area contributed by atoms with Gasteiger partial charge in [-0.2, -0.15) is 0 Å². The van der Waals surface area contributed by atoms with Crippen molar-refractivity contribution < 1.29 is 43.1 Å². The van der Waals surface area contributed by atoms with Crippen LogP contribution in [0.25, 0.3) is 0 Å². The molecule has 2 aromatic carbocycles. The van der Waals surface area contributed by atoms with Crippen LogP contribution in [-0.4, -0.2) is 102 Å². The second-order valence-electron chi connectivity index (χ2n) is 15.8. The first-order valence-electron chi connectivity index (χ1n) is 21.1. The van der Waals surface area contributed by atoms with Crippen molar-refractivity contribution in [3.63, 3.8) is 0 Å². The molecule has 2 aromatic rings. The molecule has 6 atom stereocenters. The van der Waals surface area contributed by atoms with Gasteiger partial charge in [0.1, 0.15) is 41.8 Å². The molecule has 21 heteroatoms. The largest absolute Gasteiger partial charge is 0.508 e. The average molecular weight is 883 g/mol. The number of rotatable bonds is 25. The molecule has 0 heterocycles. The Morgan fingerprint density at radius 2 is 1.14 bits per heavy atom. The van der Waals surface area contributed by atoms with Crippen LogP contribution in [-0.2, 0) is 41.6 Å². The van der Waals surface area contributed by atoms with Gasteiger partial charge in [-0.25, -0.2) is 9.18 Å². The number of nitrogens with zero attached hydrogens (tertiary/aromatic N) is 1. The SMILES string of the molecule is C[C@H](N)C(=O)N[C@@H](Cc1ccc(F)cc1)C(=O)N[C@@H](CCCN=C(N)N)C(=O)N[C@@H](CC1CCCCC1)C(=O)N[C@@H](CCCNC(N)=O)C(=O)N[C@@H](Cc1ccc(O)cc1)C(N)=O. The van der Waals surface area contributed by atoms with Crippen molar-refractivity contribution in [3.05, 3.63) is 65.5 Å². The lowest BCUT2D eigenvalue weighted by molar-refractivity contribution is -0.135. The molecule has 0 spiro atoms. The number of phenolic OH excluding ortho intramolecular Hbond substituents is 1. The minimum absolute atomic E-state index is 0.00277. The third-order valence-electron chi connectivity index (χ3n) is 10.5. The van der Waals surface area contributed by atoms with Crippen molar-refractivity contribution in [2.75, 3.05) is 13.1 Å². The summed E-state index contributed by atoms with van der Waals surface area (Å²) in [6, 6.07) is 3.23. The number of aliphatic imine (C=N–C) groups is 1. The lowest BCUT2D eigenvalue weighted by atomic mass is 9.84. The van der Waals surface area contributed by atoms with E-state index in [2.05, 4.69) is 36.9 Å². The molecule has 0 radical (unpaired) electrons. The summed E-state index contributed by atoms with van der Waals surface area (Å²) in [5.74, 6) is -5.19. The number of primary amides is 2. The summed E-state index contributed by atoms with van der Waals surface area (Å²) in [4.78, 5) is 96.9. The van der Waals surface area contributed by atoms with Gasteiger partial charge in [0, 0.05) is 25.9 Å². The molecular formula is C42H63FN12O8. The van der Waals surface area contributed by atoms with Gasteiger partial charge in [-0.05, 0) is 80.3 Å². The fourth-order valence-electron chi connectivity index (χ4n) is 7.10. The van der Waals surface area contributed by atoms with E-state index in [1.807, 2.05) is 0 Å². The molecule has 0 unspecified atom stereocenters. The fourth-order valence-corrected chi connectivity index (χ4v) is 7.10. The van der Waals surface area contributed by atoms with Gasteiger partial charge in [-0.15, -0.1) is 0 Å². The first-order valence-corrected chi connectivity index (χ1v) is 21.1. The van der Waals surface area contributed by atoms with E-state index in [-0.39, 0.29) is 75.7 Å². The molecule has 20 nitrogen and oxygen atoms in total. The normalized spacial score (nSPS) is 15.5. The number of aromatic hydroxyl groups is 1. The maximum atomic E-state index is 14.3. The molecule has 0 bridgehead atoms. The summed E-state index contributed by atoms with van der Waals surface area (Å²) in [7, 11) is 0. The maximum absolute atomic E-state index is 14.3. The predicted molar refractivity (Wildman–Crippen MR) is 232 cm³/mol. The van der Waals surface area contributed by atoms with Gasteiger partial charge in [0.25, 0.3) is 0 Å². The van der Waals surface area contributed by atoms with Crippen molar-refractivity contribution in [2.24, 2.45) is 39.6 Å². The molecule has 346 valence electrons. The van der Waals surface area contributed by atoms with E-state index in [0.717, 1.165) is 32.1 Å². The van der Waals surface area contributed by atoms with Crippen molar-refractivity contribution >= 4 is 47.4 Å². The van der Waals surface area contributed by atoms with Crippen LogP contribution in [0.1, 0.15) is 82.3 Å². The summed E-state index contributed by atoms with van der Waals surface area (Å²) in [6.45, 7) is 1.58. The summed E-state index contributed by atoms with van der Waals surface area (Å²) >= 11 is 0. The highest BCUT2D eigenvalue weighted by molar-refractivity contribution is 5.96. The van der Waals surface area contributed by atoms with Gasteiger partial charge in [-0.3, -0.25) is 33.8 Å². The van der Waals surface area contributed by atoms with Gasteiger partial charge >= 0.3 is 6.03 Å². The Morgan fingerprint density at radius 3 is 1.68 bits per heavy atom. The first-order chi connectivity index (χ1) is 29.9. The number of carbonyl (C=O) groups is 7. The average Bonchev–Trinajstić information content (AvgIpc) is 3.23. The summed E-state index contributed by atoms with van der Waals surface area (Å²) < 4.78 is 13.7. The van der Waals surface area contributed by atoms with Crippen molar-refractivity contribution in [3.8, 4) is 5.75 Å². The lowest BCUT2D eigenvalue weighted by Crippen LogP contribution is -2.60. The highest BCUT2D eigenvalue weighted by Crippen LogP contribution is 2.27. The topological polar surface area (TPSA) is 354 Å². The Hall–Kier alpha value is -6.51. The van der Waals surface area contributed by atoms with Crippen LogP contribution < -0.4 is 60.6 Å². The van der Waals surface area contributed by atoms with E-state index in [9.17, 15) is 43.1 Å². The van der Waals surface area contributed by atoms with Crippen molar-refractivity contribution in [1.29, 1.82) is 0 Å². The highest BCUT2D eigenvalue weighted by atomic mass is 19.1. The molecule has 1 fully saturated rings. The highest BCUT2D eigenvalue weighted by Gasteiger charge is 2.34. The number of nitrogens with two attached hydrogens (primary N) is 5. The third kappa shape index (κ3) is 19.0. The van der Waals surface area contributed by atoms with E-state index in [0.29, 0.717) is 11.1 Å². The molecule has 3 rings (SSSR count). The number of phenols is 1. The van der Waals surface area contributed by atoms with E-state index in [4.69, 9.17) is 28.7 Å². The molecule has 0 aromatic heterocycles. The molecule has 8 amide bonds.